The number of carbonyl (C=O) groups excluding carboxylic acids is 2. The number of benzene rings is 2. The maximum Gasteiger partial charge on any atom is 0.276 e. The van der Waals surface area contributed by atoms with Crippen molar-refractivity contribution in [1.29, 1.82) is 0 Å². The van der Waals surface area contributed by atoms with Gasteiger partial charge in [0.25, 0.3) is 5.91 Å². The van der Waals surface area contributed by atoms with Gasteiger partial charge in [-0.25, -0.2) is 4.39 Å². The highest BCUT2D eigenvalue weighted by Gasteiger charge is 2.18. The van der Waals surface area contributed by atoms with Crippen molar-refractivity contribution in [3.63, 3.8) is 0 Å². The van der Waals surface area contributed by atoms with Gasteiger partial charge in [0.1, 0.15) is 18.2 Å². The van der Waals surface area contributed by atoms with Crippen LogP contribution in [0, 0.1) is 5.82 Å². The first-order valence-electron chi connectivity index (χ1n) is 9.61. The summed E-state index contributed by atoms with van der Waals surface area (Å²) in [6.07, 6.45) is 0. The first-order chi connectivity index (χ1) is 14.9. The third kappa shape index (κ3) is 4.63. The quantitative estimate of drug-likeness (QED) is 0.448. The summed E-state index contributed by atoms with van der Waals surface area (Å²) in [5.74, 6) is 0.211. The molecule has 1 amide bonds. The maximum absolute atomic E-state index is 13.4. The Kier molecular flexibility index (Phi) is 5.53. The second-order valence-electron chi connectivity index (χ2n) is 7.24. The summed E-state index contributed by atoms with van der Waals surface area (Å²) in [5.41, 5.74) is 2.27. The number of Topliss-reactive ketones (excluding diaryl/α,β-unsaturated/α-hetero) is 1. The van der Waals surface area contributed by atoms with Gasteiger partial charge in [0, 0.05) is 35.3 Å². The van der Waals surface area contributed by atoms with Gasteiger partial charge in [0.15, 0.2) is 17.2 Å². The molecule has 0 unspecified atom stereocenters. The van der Waals surface area contributed by atoms with E-state index in [1.807, 2.05) is 0 Å². The Labute approximate surface area is 177 Å². The van der Waals surface area contributed by atoms with E-state index in [1.165, 1.54) is 30.0 Å². The summed E-state index contributed by atoms with van der Waals surface area (Å²) in [6.45, 7) is 1.85. The number of nitrogens with one attached hydrogen (secondary N) is 1. The number of rotatable bonds is 7. The number of carbonyl (C=O) groups is 2. The van der Waals surface area contributed by atoms with Crippen molar-refractivity contribution in [3.05, 3.63) is 83.1 Å². The van der Waals surface area contributed by atoms with Gasteiger partial charge in [-0.2, -0.15) is 0 Å². The lowest BCUT2D eigenvalue weighted by atomic mass is 10.1. The van der Waals surface area contributed by atoms with Gasteiger partial charge in [-0.05, 0) is 43.3 Å². The molecule has 2 heterocycles. The van der Waals surface area contributed by atoms with Crippen LogP contribution in [0.4, 0.5) is 4.39 Å². The Hall–Kier alpha value is -3.94. The lowest BCUT2D eigenvalue weighted by Crippen LogP contribution is -2.26. The first kappa shape index (κ1) is 20.3. The lowest BCUT2D eigenvalue weighted by molar-refractivity contribution is 0.0773. The molecular weight excluding hydrogens is 401 g/mol. The average molecular weight is 421 g/mol. The monoisotopic (exact) mass is 421 g/mol. The van der Waals surface area contributed by atoms with Gasteiger partial charge in [0.2, 0.25) is 0 Å². The lowest BCUT2D eigenvalue weighted by Gasteiger charge is -2.14. The zero-order chi connectivity index (χ0) is 22.0. The topological polar surface area (TPSA) is 88.4 Å². The number of aromatic amines is 1. The Bertz CT molecular complexity index is 1260. The maximum atomic E-state index is 13.4. The highest BCUT2D eigenvalue weighted by Crippen LogP contribution is 2.19. The SMILES string of the molecule is CC(=O)c1cccc(OCc2cc(C(=O)N(C)Cc3cc4cc(F)ccc4[nH]3)no2)c1. The summed E-state index contributed by atoms with van der Waals surface area (Å²) in [6, 6.07) is 14.6. The molecule has 0 aliphatic carbocycles. The summed E-state index contributed by atoms with van der Waals surface area (Å²) in [7, 11) is 1.65. The Balaban J connectivity index is 1.38. The van der Waals surface area contributed by atoms with Crippen LogP contribution in [-0.4, -0.2) is 33.8 Å². The third-order valence-electron chi connectivity index (χ3n) is 4.79. The minimum atomic E-state index is -0.321. The minimum Gasteiger partial charge on any atom is -0.486 e. The minimum absolute atomic E-state index is 0.0545. The van der Waals surface area contributed by atoms with Crippen LogP contribution in [0.25, 0.3) is 10.9 Å². The van der Waals surface area contributed by atoms with Crippen LogP contribution in [0.15, 0.2) is 59.1 Å². The van der Waals surface area contributed by atoms with Gasteiger partial charge in [-0.3, -0.25) is 9.59 Å². The van der Waals surface area contributed by atoms with E-state index in [2.05, 4.69) is 10.1 Å². The second-order valence-corrected chi connectivity index (χ2v) is 7.24. The van der Waals surface area contributed by atoms with Crippen LogP contribution in [-0.2, 0) is 13.2 Å². The fourth-order valence-corrected chi connectivity index (χ4v) is 3.21. The van der Waals surface area contributed by atoms with Gasteiger partial charge < -0.3 is 19.1 Å². The molecular formula is C23H20FN3O4. The molecule has 0 fully saturated rings. The number of aromatic nitrogens is 2. The number of hydrogen-bond acceptors (Lipinski definition) is 5. The van der Waals surface area contributed by atoms with E-state index in [4.69, 9.17) is 9.26 Å². The summed E-state index contributed by atoms with van der Waals surface area (Å²) in [5, 5.41) is 4.57. The fraction of sp³-hybridized carbons (Fsp3) is 0.174. The Morgan fingerprint density at radius 2 is 2.00 bits per heavy atom. The first-order valence-corrected chi connectivity index (χ1v) is 9.61. The number of ketones is 1. The molecule has 7 nitrogen and oxygen atoms in total. The molecule has 0 bridgehead atoms. The van der Waals surface area contributed by atoms with Crippen molar-refractivity contribution >= 4 is 22.6 Å². The number of amides is 1. The van der Waals surface area contributed by atoms with E-state index in [-0.39, 0.29) is 29.8 Å². The van der Waals surface area contributed by atoms with E-state index in [9.17, 15) is 14.0 Å². The summed E-state index contributed by atoms with van der Waals surface area (Å²) >= 11 is 0. The van der Waals surface area contributed by atoms with Crippen molar-refractivity contribution in [2.24, 2.45) is 0 Å². The molecule has 1 N–H and O–H groups in total. The van der Waals surface area contributed by atoms with Crippen LogP contribution in [0.3, 0.4) is 0 Å². The third-order valence-corrected chi connectivity index (χ3v) is 4.79. The molecule has 0 saturated carbocycles. The van der Waals surface area contributed by atoms with E-state index in [1.54, 1.807) is 43.4 Å². The van der Waals surface area contributed by atoms with Crippen molar-refractivity contribution in [2.75, 3.05) is 7.05 Å². The molecule has 0 radical (unpaired) electrons. The van der Waals surface area contributed by atoms with Gasteiger partial charge in [-0.1, -0.05) is 17.3 Å². The molecule has 0 atom stereocenters. The molecule has 2 aromatic heterocycles. The predicted molar refractivity (Wildman–Crippen MR) is 111 cm³/mol. The van der Waals surface area contributed by atoms with E-state index >= 15 is 0 Å². The number of hydrogen-bond donors (Lipinski definition) is 1. The number of fused-ring (bicyclic) bond motifs is 1. The largest absolute Gasteiger partial charge is 0.486 e. The molecule has 0 saturated heterocycles. The van der Waals surface area contributed by atoms with Gasteiger partial charge in [-0.15, -0.1) is 0 Å². The highest BCUT2D eigenvalue weighted by atomic mass is 19.1. The van der Waals surface area contributed by atoms with Crippen LogP contribution in [0.2, 0.25) is 0 Å². The van der Waals surface area contributed by atoms with Crippen LogP contribution in [0.1, 0.15) is 39.2 Å². The Morgan fingerprint density at radius 3 is 2.81 bits per heavy atom. The normalized spacial score (nSPS) is 10.9. The zero-order valence-corrected chi connectivity index (χ0v) is 17.0. The van der Waals surface area contributed by atoms with E-state index in [0.29, 0.717) is 23.6 Å². The van der Waals surface area contributed by atoms with E-state index in [0.717, 1.165) is 16.6 Å². The number of H-pyrrole nitrogens is 1. The Morgan fingerprint density at radius 1 is 1.16 bits per heavy atom. The summed E-state index contributed by atoms with van der Waals surface area (Å²) < 4.78 is 24.2. The molecule has 158 valence electrons. The summed E-state index contributed by atoms with van der Waals surface area (Å²) in [4.78, 5) is 28.8. The van der Waals surface area contributed by atoms with Crippen LogP contribution >= 0.6 is 0 Å². The molecule has 2 aromatic carbocycles. The molecule has 0 spiro atoms. The molecule has 0 aliphatic rings. The van der Waals surface area contributed by atoms with Crippen LogP contribution in [0.5, 0.6) is 5.75 Å². The number of ether oxygens (including phenoxy) is 1. The van der Waals surface area contributed by atoms with Crippen molar-refractivity contribution in [1.82, 2.24) is 15.0 Å². The predicted octanol–water partition coefficient (Wildman–Crippen LogP) is 4.35. The van der Waals surface area contributed by atoms with E-state index < -0.39 is 0 Å². The molecule has 31 heavy (non-hydrogen) atoms. The standard InChI is InChI=1S/C23H20FN3O4/c1-14(28)15-4-3-5-19(10-15)30-13-20-11-22(26-31-20)23(29)27(2)12-18-9-16-8-17(24)6-7-21(16)25-18/h3-11,25H,12-13H2,1-2H3. The van der Waals surface area contributed by atoms with Gasteiger partial charge in [0.05, 0.1) is 6.54 Å². The second kappa shape index (κ2) is 8.43. The van der Waals surface area contributed by atoms with Crippen LogP contribution < -0.4 is 4.74 Å². The van der Waals surface area contributed by atoms with Gasteiger partial charge >= 0.3 is 0 Å². The molecule has 0 aliphatic heterocycles. The fourth-order valence-electron chi connectivity index (χ4n) is 3.21. The number of halogens is 1. The molecule has 4 rings (SSSR count). The van der Waals surface area contributed by atoms with Crippen molar-refractivity contribution in [2.45, 2.75) is 20.1 Å². The smallest absolute Gasteiger partial charge is 0.276 e. The van der Waals surface area contributed by atoms with Crippen molar-refractivity contribution < 1.29 is 23.2 Å². The zero-order valence-electron chi connectivity index (χ0n) is 17.0. The number of nitrogens with zero attached hydrogens (tertiary/aromatic N) is 2. The highest BCUT2D eigenvalue weighted by molar-refractivity contribution is 5.94. The molecule has 4 aromatic rings. The average Bonchev–Trinajstić information content (AvgIpc) is 3.38. The van der Waals surface area contributed by atoms with Crippen molar-refractivity contribution in [3.8, 4) is 5.75 Å². The molecule has 8 heteroatoms.